The number of hydrogen-bond acceptors (Lipinski definition) is 6. The Morgan fingerprint density at radius 1 is 1.04 bits per heavy atom. The van der Waals surface area contributed by atoms with Gasteiger partial charge in [0.2, 0.25) is 17.7 Å². The van der Waals surface area contributed by atoms with Crippen molar-refractivity contribution in [3.8, 4) is 0 Å². The highest BCUT2D eigenvalue weighted by atomic mass is 16.5. The number of rotatable bonds is 5. The number of carbonyl (C=O) groups is 3. The van der Waals surface area contributed by atoms with E-state index in [1.165, 1.54) is 4.90 Å². The number of likely N-dealkylation sites (tertiary alicyclic amines) is 1. The van der Waals surface area contributed by atoms with Gasteiger partial charge in [-0.15, -0.1) is 0 Å². The molecule has 4 rings (SSSR count). The molecular formula is C20H16N2O5. The van der Waals surface area contributed by atoms with Crippen molar-refractivity contribution in [2.24, 2.45) is 0 Å². The van der Waals surface area contributed by atoms with Gasteiger partial charge in [-0.25, -0.2) is 9.78 Å². The third kappa shape index (κ3) is 3.57. The van der Waals surface area contributed by atoms with Crippen LogP contribution in [-0.2, 0) is 27.5 Å². The average molecular weight is 364 g/mol. The summed E-state index contributed by atoms with van der Waals surface area (Å²) >= 11 is 0. The molecule has 0 saturated carbocycles. The van der Waals surface area contributed by atoms with Gasteiger partial charge in [0.1, 0.15) is 5.52 Å². The predicted molar refractivity (Wildman–Crippen MR) is 94.4 cm³/mol. The fourth-order valence-electron chi connectivity index (χ4n) is 2.92. The molecule has 1 fully saturated rings. The van der Waals surface area contributed by atoms with Gasteiger partial charge < -0.3 is 9.15 Å². The Labute approximate surface area is 154 Å². The van der Waals surface area contributed by atoms with E-state index in [1.807, 2.05) is 18.2 Å². The van der Waals surface area contributed by atoms with E-state index in [2.05, 4.69) is 4.98 Å². The summed E-state index contributed by atoms with van der Waals surface area (Å²) in [5, 5.41) is 0. The Kier molecular flexibility index (Phi) is 4.42. The van der Waals surface area contributed by atoms with E-state index >= 15 is 0 Å². The average Bonchev–Trinajstić information content (AvgIpc) is 3.24. The molecule has 2 amide bonds. The molecule has 0 atom stereocenters. The van der Waals surface area contributed by atoms with E-state index in [9.17, 15) is 14.4 Å². The monoisotopic (exact) mass is 364 g/mol. The summed E-state index contributed by atoms with van der Waals surface area (Å²) in [5.41, 5.74) is 2.49. The molecule has 0 unspecified atom stereocenters. The minimum atomic E-state index is -0.503. The van der Waals surface area contributed by atoms with Crippen LogP contribution in [0.3, 0.4) is 0 Å². The Balaban J connectivity index is 1.37. The van der Waals surface area contributed by atoms with Crippen molar-refractivity contribution in [3.05, 3.63) is 65.5 Å². The molecule has 1 aliphatic heterocycles. The molecule has 2 heterocycles. The van der Waals surface area contributed by atoms with Crippen LogP contribution in [0.15, 0.2) is 52.9 Å². The van der Waals surface area contributed by atoms with Crippen molar-refractivity contribution in [1.29, 1.82) is 0 Å². The van der Waals surface area contributed by atoms with Crippen LogP contribution in [0, 0.1) is 0 Å². The molecule has 7 nitrogen and oxygen atoms in total. The molecule has 136 valence electrons. The number of hydrogen-bond donors (Lipinski definition) is 0. The number of ether oxygens (including phenoxy) is 1. The first-order valence-electron chi connectivity index (χ1n) is 8.54. The fourth-order valence-corrected chi connectivity index (χ4v) is 2.92. The number of benzene rings is 2. The SMILES string of the molecule is O=C(OCc1nc2ccccc2o1)c1ccc(CN2C(=O)CCC2=O)cc1. The summed E-state index contributed by atoms with van der Waals surface area (Å²) in [6, 6.07) is 13.9. The molecule has 0 aliphatic carbocycles. The number of aromatic nitrogens is 1. The maximum absolute atomic E-state index is 12.2. The van der Waals surface area contributed by atoms with Gasteiger partial charge in [0.05, 0.1) is 12.1 Å². The number of oxazole rings is 1. The lowest BCUT2D eigenvalue weighted by atomic mass is 10.1. The van der Waals surface area contributed by atoms with E-state index in [0.717, 1.165) is 5.56 Å². The van der Waals surface area contributed by atoms with Crippen LogP contribution in [-0.4, -0.2) is 27.7 Å². The Morgan fingerprint density at radius 2 is 1.74 bits per heavy atom. The Morgan fingerprint density at radius 3 is 2.44 bits per heavy atom. The molecule has 3 aromatic rings. The number of carbonyl (C=O) groups excluding carboxylic acids is 3. The summed E-state index contributed by atoms with van der Waals surface area (Å²) in [6.07, 6.45) is 0.526. The second-order valence-corrected chi connectivity index (χ2v) is 6.22. The first kappa shape index (κ1) is 17.0. The minimum Gasteiger partial charge on any atom is -0.452 e. The lowest BCUT2D eigenvalue weighted by Gasteiger charge is -2.13. The molecule has 1 aromatic heterocycles. The molecule has 0 bridgehead atoms. The largest absolute Gasteiger partial charge is 0.452 e. The standard InChI is InChI=1S/C20H16N2O5/c23-18-9-10-19(24)22(18)11-13-5-7-14(8-6-13)20(25)26-12-17-21-15-3-1-2-4-16(15)27-17/h1-8H,9-12H2. The molecule has 0 spiro atoms. The van der Waals surface area contributed by atoms with E-state index in [-0.39, 0.29) is 37.8 Å². The minimum absolute atomic E-state index is 0.0634. The van der Waals surface area contributed by atoms with E-state index < -0.39 is 5.97 Å². The number of para-hydroxylation sites is 2. The summed E-state index contributed by atoms with van der Waals surface area (Å²) in [5.74, 6) is -0.506. The lowest BCUT2D eigenvalue weighted by molar-refractivity contribution is -0.139. The van der Waals surface area contributed by atoms with Crippen molar-refractivity contribution in [2.75, 3.05) is 0 Å². The van der Waals surface area contributed by atoms with Gasteiger partial charge in [-0.3, -0.25) is 14.5 Å². The topological polar surface area (TPSA) is 89.7 Å². The Bertz CT molecular complexity index is 973. The van der Waals surface area contributed by atoms with Crippen molar-refractivity contribution in [1.82, 2.24) is 9.88 Å². The van der Waals surface area contributed by atoms with E-state index in [4.69, 9.17) is 9.15 Å². The third-order valence-corrected chi connectivity index (χ3v) is 4.35. The molecule has 0 N–H and O–H groups in total. The smallest absolute Gasteiger partial charge is 0.338 e. The fraction of sp³-hybridized carbons (Fsp3) is 0.200. The molecule has 1 saturated heterocycles. The zero-order valence-corrected chi connectivity index (χ0v) is 14.4. The van der Waals surface area contributed by atoms with Crippen molar-refractivity contribution in [2.45, 2.75) is 26.0 Å². The highest BCUT2D eigenvalue weighted by Crippen LogP contribution is 2.18. The van der Waals surface area contributed by atoms with Gasteiger partial charge in [0.25, 0.3) is 0 Å². The molecule has 27 heavy (non-hydrogen) atoms. The van der Waals surface area contributed by atoms with Crippen LogP contribution in [0.25, 0.3) is 11.1 Å². The normalized spacial score (nSPS) is 14.1. The van der Waals surface area contributed by atoms with Crippen LogP contribution >= 0.6 is 0 Å². The molecule has 7 heteroatoms. The number of amides is 2. The second-order valence-electron chi connectivity index (χ2n) is 6.22. The van der Waals surface area contributed by atoms with Gasteiger partial charge in [0, 0.05) is 12.8 Å². The molecule has 0 radical (unpaired) electrons. The number of fused-ring (bicyclic) bond motifs is 1. The van der Waals surface area contributed by atoms with Gasteiger partial charge in [0.15, 0.2) is 12.2 Å². The van der Waals surface area contributed by atoms with Crippen molar-refractivity contribution in [3.63, 3.8) is 0 Å². The highest BCUT2D eigenvalue weighted by Gasteiger charge is 2.28. The van der Waals surface area contributed by atoms with Gasteiger partial charge in [-0.1, -0.05) is 24.3 Å². The van der Waals surface area contributed by atoms with Crippen LogP contribution in [0.2, 0.25) is 0 Å². The molecule has 1 aliphatic rings. The van der Waals surface area contributed by atoms with Crippen LogP contribution in [0.4, 0.5) is 0 Å². The van der Waals surface area contributed by atoms with E-state index in [0.29, 0.717) is 22.6 Å². The number of nitrogens with zero attached hydrogens (tertiary/aromatic N) is 2. The van der Waals surface area contributed by atoms with Crippen LogP contribution < -0.4 is 0 Å². The van der Waals surface area contributed by atoms with Crippen LogP contribution in [0.5, 0.6) is 0 Å². The van der Waals surface area contributed by atoms with Gasteiger partial charge in [-0.2, -0.15) is 0 Å². The quantitative estimate of drug-likeness (QED) is 0.511. The zero-order valence-electron chi connectivity index (χ0n) is 14.4. The first-order valence-corrected chi connectivity index (χ1v) is 8.54. The molecular weight excluding hydrogens is 348 g/mol. The highest BCUT2D eigenvalue weighted by molar-refractivity contribution is 6.01. The summed E-state index contributed by atoms with van der Waals surface area (Å²) < 4.78 is 10.7. The Hall–Kier alpha value is -3.48. The predicted octanol–water partition coefficient (Wildman–Crippen LogP) is 2.83. The van der Waals surface area contributed by atoms with Gasteiger partial charge in [-0.05, 0) is 29.8 Å². The lowest BCUT2D eigenvalue weighted by Crippen LogP contribution is -2.28. The van der Waals surface area contributed by atoms with Crippen molar-refractivity contribution < 1.29 is 23.5 Å². The summed E-state index contributed by atoms with van der Waals surface area (Å²) in [7, 11) is 0. The van der Waals surface area contributed by atoms with Crippen molar-refractivity contribution >= 4 is 28.9 Å². The summed E-state index contributed by atoms with van der Waals surface area (Å²) in [4.78, 5) is 41.0. The van der Waals surface area contributed by atoms with E-state index in [1.54, 1.807) is 30.3 Å². The third-order valence-electron chi connectivity index (χ3n) is 4.35. The second kappa shape index (κ2) is 7.03. The first-order chi connectivity index (χ1) is 13.1. The number of esters is 1. The number of imide groups is 1. The summed E-state index contributed by atoms with van der Waals surface area (Å²) in [6.45, 7) is 0.155. The maximum atomic E-state index is 12.2. The zero-order chi connectivity index (χ0) is 18.8. The van der Waals surface area contributed by atoms with Crippen LogP contribution in [0.1, 0.15) is 34.7 Å². The maximum Gasteiger partial charge on any atom is 0.338 e. The molecule has 2 aromatic carbocycles. The van der Waals surface area contributed by atoms with Gasteiger partial charge >= 0.3 is 5.97 Å².